The van der Waals surface area contributed by atoms with Crippen molar-refractivity contribution < 1.29 is 19.1 Å². The molecule has 0 aliphatic heterocycles. The maximum Gasteiger partial charge on any atom is 0.305 e. The number of rotatable bonds is 15. The first kappa shape index (κ1) is 22.2. The molecule has 136 valence electrons. The predicted octanol–water partition coefficient (Wildman–Crippen LogP) is 5.01. The summed E-state index contributed by atoms with van der Waals surface area (Å²) in [7, 11) is 2.85. The van der Waals surface area contributed by atoms with E-state index in [1.54, 1.807) is 0 Å². The molecule has 0 aromatic heterocycles. The molecule has 0 amide bonds. The fraction of sp³-hybridized carbons (Fsp3) is 0.889. The molecule has 0 aliphatic carbocycles. The van der Waals surface area contributed by atoms with Crippen LogP contribution in [0.5, 0.6) is 0 Å². The Bertz CT molecular complexity index is 307. The molecule has 1 atom stereocenters. The van der Waals surface area contributed by atoms with Crippen molar-refractivity contribution in [2.24, 2.45) is 0 Å². The zero-order valence-corrected chi connectivity index (χ0v) is 15.5. The number of halogens is 1. The van der Waals surface area contributed by atoms with Crippen LogP contribution in [0.25, 0.3) is 0 Å². The average Bonchev–Trinajstić information content (AvgIpc) is 2.55. The van der Waals surface area contributed by atoms with Gasteiger partial charge in [-0.05, 0) is 25.7 Å². The van der Waals surface area contributed by atoms with Crippen LogP contribution in [0.1, 0.15) is 83.5 Å². The molecule has 0 fully saturated rings. The van der Waals surface area contributed by atoms with Gasteiger partial charge < -0.3 is 9.47 Å². The van der Waals surface area contributed by atoms with Crippen LogP contribution in [0.2, 0.25) is 0 Å². The first-order valence-corrected chi connectivity index (χ1v) is 9.31. The van der Waals surface area contributed by atoms with E-state index in [-0.39, 0.29) is 17.3 Å². The molecule has 0 aliphatic rings. The lowest BCUT2D eigenvalue weighted by molar-refractivity contribution is -0.141. The monoisotopic (exact) mass is 348 g/mol. The highest BCUT2D eigenvalue weighted by Crippen LogP contribution is 2.17. The maximum atomic E-state index is 11.0. The van der Waals surface area contributed by atoms with E-state index >= 15 is 0 Å². The molecule has 0 radical (unpaired) electrons. The van der Waals surface area contributed by atoms with Gasteiger partial charge >= 0.3 is 11.9 Å². The van der Waals surface area contributed by atoms with E-state index in [1.807, 2.05) is 0 Å². The van der Waals surface area contributed by atoms with E-state index in [0.29, 0.717) is 12.8 Å². The Balaban J connectivity index is 3.23. The third-order valence-electron chi connectivity index (χ3n) is 4.00. The van der Waals surface area contributed by atoms with Crippen molar-refractivity contribution in [2.45, 2.75) is 88.8 Å². The first-order chi connectivity index (χ1) is 11.1. The molecule has 0 bridgehead atoms. The van der Waals surface area contributed by atoms with E-state index < -0.39 is 0 Å². The SMILES string of the molecule is COC(=O)CCCCCCCCCCC(Cl)CCCC(=O)OC. The lowest BCUT2D eigenvalue weighted by atomic mass is 10.0. The van der Waals surface area contributed by atoms with Gasteiger partial charge in [-0.25, -0.2) is 0 Å². The van der Waals surface area contributed by atoms with Gasteiger partial charge in [0.15, 0.2) is 0 Å². The minimum absolute atomic E-state index is 0.104. The molecule has 0 spiro atoms. The summed E-state index contributed by atoms with van der Waals surface area (Å²) < 4.78 is 9.22. The smallest absolute Gasteiger partial charge is 0.305 e. The van der Waals surface area contributed by atoms with Crippen molar-refractivity contribution in [1.82, 2.24) is 0 Å². The molecule has 0 saturated heterocycles. The fourth-order valence-corrected chi connectivity index (χ4v) is 2.82. The molecule has 0 heterocycles. The van der Waals surface area contributed by atoms with E-state index in [2.05, 4.69) is 9.47 Å². The number of hydrogen-bond donors (Lipinski definition) is 0. The Kier molecular flexibility index (Phi) is 15.6. The second kappa shape index (κ2) is 16.1. The largest absolute Gasteiger partial charge is 0.469 e. The molecule has 0 aromatic carbocycles. The van der Waals surface area contributed by atoms with Crippen LogP contribution in [-0.2, 0) is 19.1 Å². The molecular weight excluding hydrogens is 316 g/mol. The van der Waals surface area contributed by atoms with Crippen LogP contribution >= 0.6 is 11.6 Å². The second-order valence-corrected chi connectivity index (χ2v) is 6.63. The van der Waals surface area contributed by atoms with Gasteiger partial charge in [0.1, 0.15) is 0 Å². The fourth-order valence-electron chi connectivity index (χ4n) is 2.51. The predicted molar refractivity (Wildman–Crippen MR) is 93.7 cm³/mol. The number of alkyl halides is 1. The lowest BCUT2D eigenvalue weighted by Gasteiger charge is -2.08. The van der Waals surface area contributed by atoms with E-state index in [1.165, 1.54) is 46.3 Å². The van der Waals surface area contributed by atoms with Gasteiger partial charge in [-0.1, -0.05) is 44.9 Å². The molecular formula is C18H33ClO4. The molecule has 4 nitrogen and oxygen atoms in total. The van der Waals surface area contributed by atoms with Gasteiger partial charge in [0.25, 0.3) is 0 Å². The molecule has 23 heavy (non-hydrogen) atoms. The summed E-state index contributed by atoms with van der Waals surface area (Å²) in [6, 6.07) is 0. The minimum Gasteiger partial charge on any atom is -0.469 e. The Morgan fingerprint density at radius 1 is 0.696 bits per heavy atom. The van der Waals surface area contributed by atoms with Gasteiger partial charge in [0.2, 0.25) is 0 Å². The Morgan fingerprint density at radius 2 is 1.09 bits per heavy atom. The van der Waals surface area contributed by atoms with Crippen LogP contribution in [0.15, 0.2) is 0 Å². The van der Waals surface area contributed by atoms with E-state index in [9.17, 15) is 9.59 Å². The number of esters is 2. The summed E-state index contributed by atoms with van der Waals surface area (Å²) >= 11 is 6.25. The summed E-state index contributed by atoms with van der Waals surface area (Å²) in [5.41, 5.74) is 0. The summed E-state index contributed by atoms with van der Waals surface area (Å²) in [6.07, 6.45) is 13.1. The summed E-state index contributed by atoms with van der Waals surface area (Å²) in [5.74, 6) is -0.257. The lowest BCUT2D eigenvalue weighted by Crippen LogP contribution is -2.03. The van der Waals surface area contributed by atoms with Gasteiger partial charge in [-0.2, -0.15) is 0 Å². The van der Waals surface area contributed by atoms with Crippen molar-refractivity contribution in [3.8, 4) is 0 Å². The van der Waals surface area contributed by atoms with Crippen molar-refractivity contribution in [1.29, 1.82) is 0 Å². The highest BCUT2D eigenvalue weighted by Gasteiger charge is 2.06. The number of hydrogen-bond acceptors (Lipinski definition) is 4. The highest BCUT2D eigenvalue weighted by molar-refractivity contribution is 6.20. The first-order valence-electron chi connectivity index (χ1n) is 8.87. The number of carbonyl (C=O) groups excluding carboxylic acids is 2. The highest BCUT2D eigenvalue weighted by atomic mass is 35.5. The second-order valence-electron chi connectivity index (χ2n) is 6.01. The average molecular weight is 349 g/mol. The minimum atomic E-state index is -0.152. The van der Waals surface area contributed by atoms with E-state index in [4.69, 9.17) is 11.6 Å². The topological polar surface area (TPSA) is 52.6 Å². The van der Waals surface area contributed by atoms with Crippen LogP contribution < -0.4 is 0 Å². The van der Waals surface area contributed by atoms with Crippen LogP contribution in [0, 0.1) is 0 Å². The Morgan fingerprint density at radius 3 is 1.61 bits per heavy atom. The van der Waals surface area contributed by atoms with Gasteiger partial charge in [-0.15, -0.1) is 11.6 Å². The number of unbranched alkanes of at least 4 members (excludes halogenated alkanes) is 7. The normalized spacial score (nSPS) is 12.0. The zero-order valence-electron chi connectivity index (χ0n) is 14.8. The van der Waals surface area contributed by atoms with Crippen molar-refractivity contribution in [2.75, 3.05) is 14.2 Å². The van der Waals surface area contributed by atoms with Gasteiger partial charge in [0, 0.05) is 18.2 Å². The van der Waals surface area contributed by atoms with Crippen LogP contribution in [0.4, 0.5) is 0 Å². The van der Waals surface area contributed by atoms with Crippen LogP contribution in [-0.4, -0.2) is 31.5 Å². The summed E-state index contributed by atoms with van der Waals surface area (Å²) in [5, 5.41) is 0.179. The quantitative estimate of drug-likeness (QED) is 0.237. The summed E-state index contributed by atoms with van der Waals surface area (Å²) in [4.78, 5) is 21.9. The summed E-state index contributed by atoms with van der Waals surface area (Å²) in [6.45, 7) is 0. The molecule has 0 saturated carbocycles. The third kappa shape index (κ3) is 15.9. The molecule has 0 aromatic rings. The maximum absolute atomic E-state index is 11.0. The van der Waals surface area contributed by atoms with Crippen molar-refractivity contribution in [3.63, 3.8) is 0 Å². The van der Waals surface area contributed by atoms with Crippen LogP contribution in [0.3, 0.4) is 0 Å². The molecule has 0 rings (SSSR count). The number of carbonyl (C=O) groups is 2. The van der Waals surface area contributed by atoms with Gasteiger partial charge in [-0.3, -0.25) is 9.59 Å². The van der Waals surface area contributed by atoms with Crippen molar-refractivity contribution >= 4 is 23.5 Å². The number of ether oxygens (including phenoxy) is 2. The number of methoxy groups -OCH3 is 2. The molecule has 1 unspecified atom stereocenters. The zero-order chi connectivity index (χ0) is 17.3. The molecule has 5 heteroatoms. The van der Waals surface area contributed by atoms with E-state index in [0.717, 1.165) is 38.5 Å². The Labute approximate surface area is 146 Å². The third-order valence-corrected chi connectivity index (χ3v) is 4.44. The van der Waals surface area contributed by atoms with Gasteiger partial charge in [0.05, 0.1) is 14.2 Å². The Hall–Kier alpha value is -0.770. The molecule has 0 N–H and O–H groups in total. The van der Waals surface area contributed by atoms with Crippen molar-refractivity contribution in [3.05, 3.63) is 0 Å². The standard InChI is InChI=1S/C18H33ClO4/c1-22-17(20)14-10-8-6-4-3-5-7-9-12-16(19)13-11-15-18(21)23-2/h16H,3-15H2,1-2H3.